The minimum absolute atomic E-state index is 0.0397. The van der Waals surface area contributed by atoms with Gasteiger partial charge >= 0.3 is 0 Å². The van der Waals surface area contributed by atoms with E-state index in [1.807, 2.05) is 0 Å². The third kappa shape index (κ3) is 3.74. The Labute approximate surface area is 122 Å². The SMILES string of the molecule is CC[C@H](C)[C@@H](C)N(C(=O)C[C@H]1CCS(=O)(=O)C1)C1CC1. The number of carbonyl (C=O) groups excluding carboxylic acids is 1. The molecular formula is C15H27NO3S. The first kappa shape index (κ1) is 15.8. The van der Waals surface area contributed by atoms with E-state index in [-0.39, 0.29) is 29.4 Å². The third-order valence-corrected chi connectivity index (χ3v) is 6.76. The number of amides is 1. The van der Waals surface area contributed by atoms with Gasteiger partial charge in [0.25, 0.3) is 0 Å². The number of carbonyl (C=O) groups is 1. The third-order valence-electron chi connectivity index (χ3n) is 4.92. The molecule has 1 aliphatic heterocycles. The van der Waals surface area contributed by atoms with Gasteiger partial charge in [-0.1, -0.05) is 20.3 Å². The molecule has 1 aliphatic carbocycles. The van der Waals surface area contributed by atoms with Gasteiger partial charge in [-0.3, -0.25) is 4.79 Å². The zero-order chi connectivity index (χ0) is 14.9. The van der Waals surface area contributed by atoms with Crippen LogP contribution in [0.25, 0.3) is 0 Å². The highest BCUT2D eigenvalue weighted by Gasteiger charge is 2.39. The van der Waals surface area contributed by atoms with Crippen LogP contribution in [0.1, 0.15) is 52.9 Å². The van der Waals surface area contributed by atoms with Crippen molar-refractivity contribution < 1.29 is 13.2 Å². The Morgan fingerprint density at radius 3 is 2.35 bits per heavy atom. The molecule has 0 radical (unpaired) electrons. The summed E-state index contributed by atoms with van der Waals surface area (Å²) >= 11 is 0. The van der Waals surface area contributed by atoms with Crippen LogP contribution >= 0.6 is 0 Å². The highest BCUT2D eigenvalue weighted by atomic mass is 32.2. The van der Waals surface area contributed by atoms with E-state index < -0.39 is 9.84 Å². The molecule has 5 heteroatoms. The van der Waals surface area contributed by atoms with Crippen LogP contribution in [0, 0.1) is 11.8 Å². The molecule has 1 heterocycles. The van der Waals surface area contributed by atoms with Gasteiger partial charge < -0.3 is 4.90 Å². The van der Waals surface area contributed by atoms with Crippen molar-refractivity contribution in [3.63, 3.8) is 0 Å². The Bertz CT molecular complexity index is 456. The minimum atomic E-state index is -2.88. The fourth-order valence-electron chi connectivity index (χ4n) is 3.12. The zero-order valence-corrected chi connectivity index (χ0v) is 13.7. The number of hydrogen-bond acceptors (Lipinski definition) is 3. The van der Waals surface area contributed by atoms with Gasteiger partial charge in [0.2, 0.25) is 5.91 Å². The molecule has 1 saturated carbocycles. The van der Waals surface area contributed by atoms with E-state index in [2.05, 4.69) is 25.7 Å². The second-order valence-electron chi connectivity index (χ2n) is 6.63. The molecule has 0 aromatic rings. The Kier molecular flexibility index (Phi) is 4.77. The molecule has 2 aliphatic rings. The van der Waals surface area contributed by atoms with Gasteiger partial charge in [-0.25, -0.2) is 8.42 Å². The van der Waals surface area contributed by atoms with Gasteiger partial charge in [-0.2, -0.15) is 0 Å². The van der Waals surface area contributed by atoms with Gasteiger partial charge in [0.15, 0.2) is 9.84 Å². The van der Waals surface area contributed by atoms with Crippen LogP contribution in [0.3, 0.4) is 0 Å². The summed E-state index contributed by atoms with van der Waals surface area (Å²) in [5.41, 5.74) is 0. The van der Waals surface area contributed by atoms with E-state index >= 15 is 0 Å². The summed E-state index contributed by atoms with van der Waals surface area (Å²) in [6, 6.07) is 0.669. The number of nitrogens with zero attached hydrogens (tertiary/aromatic N) is 1. The molecule has 0 aromatic heterocycles. The van der Waals surface area contributed by atoms with Crippen LogP contribution in [0.5, 0.6) is 0 Å². The van der Waals surface area contributed by atoms with Crippen LogP contribution < -0.4 is 0 Å². The quantitative estimate of drug-likeness (QED) is 0.756. The lowest BCUT2D eigenvalue weighted by Gasteiger charge is -2.34. The van der Waals surface area contributed by atoms with E-state index in [0.29, 0.717) is 24.8 Å². The van der Waals surface area contributed by atoms with E-state index in [0.717, 1.165) is 19.3 Å². The molecule has 3 atom stereocenters. The summed E-state index contributed by atoms with van der Waals surface area (Å²) in [4.78, 5) is 14.6. The van der Waals surface area contributed by atoms with Crippen LogP contribution in [-0.2, 0) is 14.6 Å². The highest BCUT2D eigenvalue weighted by Crippen LogP contribution is 2.33. The van der Waals surface area contributed by atoms with Crippen molar-refractivity contribution in [3.8, 4) is 0 Å². The smallest absolute Gasteiger partial charge is 0.223 e. The second kappa shape index (κ2) is 6.04. The molecule has 0 bridgehead atoms. The van der Waals surface area contributed by atoms with Crippen molar-refractivity contribution in [1.82, 2.24) is 4.90 Å². The highest BCUT2D eigenvalue weighted by molar-refractivity contribution is 7.91. The Hall–Kier alpha value is -0.580. The van der Waals surface area contributed by atoms with E-state index in [9.17, 15) is 13.2 Å². The maximum Gasteiger partial charge on any atom is 0.223 e. The van der Waals surface area contributed by atoms with Crippen molar-refractivity contribution in [3.05, 3.63) is 0 Å². The van der Waals surface area contributed by atoms with Gasteiger partial charge in [0.05, 0.1) is 11.5 Å². The first-order valence-electron chi connectivity index (χ1n) is 7.85. The molecule has 20 heavy (non-hydrogen) atoms. The molecule has 4 nitrogen and oxygen atoms in total. The largest absolute Gasteiger partial charge is 0.337 e. The molecule has 116 valence electrons. The van der Waals surface area contributed by atoms with Gasteiger partial charge in [0.1, 0.15) is 0 Å². The summed E-state index contributed by atoms with van der Waals surface area (Å²) < 4.78 is 23.0. The summed E-state index contributed by atoms with van der Waals surface area (Å²) in [6.07, 6.45) is 4.35. The zero-order valence-electron chi connectivity index (χ0n) is 12.8. The summed E-state index contributed by atoms with van der Waals surface area (Å²) in [7, 11) is -2.88. The van der Waals surface area contributed by atoms with Crippen LogP contribution in [0.4, 0.5) is 0 Å². The van der Waals surface area contributed by atoms with E-state index in [1.54, 1.807) is 0 Å². The number of hydrogen-bond donors (Lipinski definition) is 0. The summed E-state index contributed by atoms with van der Waals surface area (Å²) in [5.74, 6) is 1.16. The summed E-state index contributed by atoms with van der Waals surface area (Å²) in [5, 5.41) is 0. The molecule has 2 rings (SSSR count). The standard InChI is InChI=1S/C15H27NO3S/c1-4-11(2)12(3)16(14-5-6-14)15(17)9-13-7-8-20(18,19)10-13/h11-14H,4-10H2,1-3H3/t11-,12+,13+/m0/s1. The van der Waals surface area contributed by atoms with Crippen LogP contribution in [-0.4, -0.2) is 42.8 Å². The maximum absolute atomic E-state index is 12.6. The van der Waals surface area contributed by atoms with Crippen molar-refractivity contribution >= 4 is 15.7 Å². The Morgan fingerprint density at radius 2 is 1.90 bits per heavy atom. The molecule has 0 unspecified atom stereocenters. The predicted molar refractivity (Wildman–Crippen MR) is 80.2 cm³/mol. The lowest BCUT2D eigenvalue weighted by atomic mass is 9.97. The fraction of sp³-hybridized carbons (Fsp3) is 0.933. The average molecular weight is 301 g/mol. The normalized spacial score (nSPS) is 28.1. The molecule has 0 spiro atoms. The first-order valence-corrected chi connectivity index (χ1v) is 9.67. The topological polar surface area (TPSA) is 54.5 Å². The van der Waals surface area contributed by atoms with Crippen molar-refractivity contribution in [2.45, 2.75) is 65.0 Å². The van der Waals surface area contributed by atoms with E-state index in [4.69, 9.17) is 0 Å². The van der Waals surface area contributed by atoms with Crippen LogP contribution in [0.2, 0.25) is 0 Å². The Balaban J connectivity index is 1.97. The molecule has 0 aromatic carbocycles. The van der Waals surface area contributed by atoms with Gasteiger partial charge in [0, 0.05) is 18.5 Å². The van der Waals surface area contributed by atoms with Gasteiger partial charge in [-0.05, 0) is 38.0 Å². The minimum Gasteiger partial charge on any atom is -0.337 e. The fourth-order valence-corrected chi connectivity index (χ4v) is 4.98. The second-order valence-corrected chi connectivity index (χ2v) is 8.86. The van der Waals surface area contributed by atoms with Crippen molar-refractivity contribution in [2.75, 3.05) is 11.5 Å². The van der Waals surface area contributed by atoms with Crippen molar-refractivity contribution in [2.24, 2.45) is 11.8 Å². The summed E-state index contributed by atoms with van der Waals surface area (Å²) in [6.45, 7) is 6.48. The predicted octanol–water partition coefficient (Wildman–Crippen LogP) is 2.24. The number of rotatable bonds is 6. The number of sulfone groups is 1. The monoisotopic (exact) mass is 301 g/mol. The first-order chi connectivity index (χ1) is 9.34. The lowest BCUT2D eigenvalue weighted by Crippen LogP contribution is -2.44. The molecular weight excluding hydrogens is 274 g/mol. The lowest BCUT2D eigenvalue weighted by molar-refractivity contribution is -0.135. The van der Waals surface area contributed by atoms with Gasteiger partial charge in [-0.15, -0.1) is 0 Å². The average Bonchev–Trinajstić information content (AvgIpc) is 3.13. The Morgan fingerprint density at radius 1 is 1.25 bits per heavy atom. The molecule has 0 N–H and O–H groups in total. The van der Waals surface area contributed by atoms with Crippen LogP contribution in [0.15, 0.2) is 0 Å². The molecule has 2 fully saturated rings. The molecule has 1 amide bonds. The molecule has 1 saturated heterocycles. The maximum atomic E-state index is 12.6. The van der Waals surface area contributed by atoms with E-state index in [1.165, 1.54) is 0 Å². The van der Waals surface area contributed by atoms with Crippen molar-refractivity contribution in [1.29, 1.82) is 0 Å².